The predicted molar refractivity (Wildman–Crippen MR) is 56.8 cm³/mol. The Bertz CT molecular complexity index is 455. The van der Waals surface area contributed by atoms with Crippen molar-refractivity contribution in [3.63, 3.8) is 0 Å². The van der Waals surface area contributed by atoms with Crippen LogP contribution in [0, 0.1) is 15.9 Å². The Morgan fingerprint density at radius 3 is 2.44 bits per heavy atom. The highest BCUT2D eigenvalue weighted by Crippen LogP contribution is 2.28. The van der Waals surface area contributed by atoms with Gasteiger partial charge in [-0.15, -0.1) is 0 Å². The van der Waals surface area contributed by atoms with E-state index >= 15 is 0 Å². The number of benzene rings is 1. The van der Waals surface area contributed by atoms with E-state index < -0.39 is 21.8 Å². The zero-order valence-electron chi connectivity index (χ0n) is 9.28. The van der Waals surface area contributed by atoms with Crippen molar-refractivity contribution in [1.29, 1.82) is 0 Å². The zero-order valence-corrected chi connectivity index (χ0v) is 9.28. The van der Waals surface area contributed by atoms with Crippen LogP contribution in [0.15, 0.2) is 18.2 Å². The molecule has 0 bridgehead atoms. The van der Waals surface area contributed by atoms with Crippen molar-refractivity contribution >= 4 is 11.5 Å². The van der Waals surface area contributed by atoms with E-state index in [-0.39, 0.29) is 5.78 Å². The van der Waals surface area contributed by atoms with Gasteiger partial charge >= 0.3 is 5.69 Å². The number of ketones is 1. The van der Waals surface area contributed by atoms with Gasteiger partial charge in [0.05, 0.1) is 4.92 Å². The molecule has 86 valence electrons. The summed E-state index contributed by atoms with van der Waals surface area (Å²) in [7, 11) is 0. The van der Waals surface area contributed by atoms with Gasteiger partial charge in [0.1, 0.15) is 5.78 Å². The second-order valence-corrected chi connectivity index (χ2v) is 4.10. The molecule has 0 aliphatic rings. The minimum Gasteiger partial charge on any atom is -0.299 e. The Labute approximate surface area is 92.2 Å². The molecule has 0 aliphatic heterocycles. The molecule has 5 heteroatoms. The van der Waals surface area contributed by atoms with Gasteiger partial charge in [0.2, 0.25) is 5.82 Å². The summed E-state index contributed by atoms with van der Waals surface area (Å²) < 4.78 is 13.1. The monoisotopic (exact) mass is 225 g/mol. The first kappa shape index (κ1) is 12.3. The number of nitro benzene ring substituents is 1. The quantitative estimate of drug-likeness (QED) is 0.586. The maximum Gasteiger partial charge on any atom is 0.305 e. The largest absolute Gasteiger partial charge is 0.305 e. The molecule has 1 aromatic carbocycles. The number of nitrogens with zero attached hydrogens (tertiary/aromatic N) is 1. The average Bonchev–Trinajstić information content (AvgIpc) is 2.17. The van der Waals surface area contributed by atoms with Gasteiger partial charge in [-0.2, -0.15) is 4.39 Å². The number of hydrogen-bond donors (Lipinski definition) is 0. The van der Waals surface area contributed by atoms with Gasteiger partial charge in [-0.05, 0) is 32.4 Å². The minimum atomic E-state index is -0.895. The van der Waals surface area contributed by atoms with Gasteiger partial charge in [-0.3, -0.25) is 14.9 Å². The van der Waals surface area contributed by atoms with Crippen LogP contribution in [-0.2, 0) is 10.2 Å². The summed E-state index contributed by atoms with van der Waals surface area (Å²) >= 11 is 0. The van der Waals surface area contributed by atoms with Crippen LogP contribution in [0.5, 0.6) is 0 Å². The summed E-state index contributed by atoms with van der Waals surface area (Å²) in [5.41, 5.74) is -1.02. The molecule has 0 aliphatic carbocycles. The highest BCUT2D eigenvalue weighted by Gasteiger charge is 2.28. The summed E-state index contributed by atoms with van der Waals surface area (Å²) in [4.78, 5) is 21.1. The van der Waals surface area contributed by atoms with E-state index in [9.17, 15) is 19.3 Å². The Morgan fingerprint density at radius 1 is 1.44 bits per heavy atom. The molecule has 0 aromatic heterocycles. The Kier molecular flexibility index (Phi) is 3.07. The molecule has 0 saturated heterocycles. The number of Topliss-reactive ketones (excluding diaryl/α,β-unsaturated/α-hetero) is 1. The number of nitro groups is 1. The van der Waals surface area contributed by atoms with E-state index in [4.69, 9.17) is 0 Å². The first-order valence-electron chi connectivity index (χ1n) is 4.72. The van der Waals surface area contributed by atoms with Gasteiger partial charge in [0, 0.05) is 11.5 Å². The third-order valence-corrected chi connectivity index (χ3v) is 2.74. The fourth-order valence-electron chi connectivity index (χ4n) is 1.24. The number of rotatable bonds is 3. The van der Waals surface area contributed by atoms with Gasteiger partial charge < -0.3 is 0 Å². The third-order valence-electron chi connectivity index (χ3n) is 2.74. The lowest BCUT2D eigenvalue weighted by Crippen LogP contribution is -2.26. The number of carbonyl (C=O) groups excluding carboxylic acids is 1. The second kappa shape index (κ2) is 4.00. The Balaban J connectivity index is 3.33. The lowest BCUT2D eigenvalue weighted by molar-refractivity contribution is -0.387. The van der Waals surface area contributed by atoms with Gasteiger partial charge in [0.15, 0.2) is 0 Å². The van der Waals surface area contributed by atoms with Crippen LogP contribution in [0.25, 0.3) is 0 Å². The molecule has 0 spiro atoms. The fraction of sp³-hybridized carbons (Fsp3) is 0.364. The van der Waals surface area contributed by atoms with Crippen LogP contribution in [0.3, 0.4) is 0 Å². The lowest BCUT2D eigenvalue weighted by atomic mass is 9.81. The zero-order chi connectivity index (χ0) is 12.5. The van der Waals surface area contributed by atoms with Crippen LogP contribution in [0.1, 0.15) is 26.3 Å². The van der Waals surface area contributed by atoms with Crippen LogP contribution in [0.2, 0.25) is 0 Å². The molecule has 0 saturated carbocycles. The van der Waals surface area contributed by atoms with Crippen molar-refractivity contribution in [3.8, 4) is 0 Å². The maximum absolute atomic E-state index is 13.1. The molecule has 16 heavy (non-hydrogen) atoms. The van der Waals surface area contributed by atoms with Crippen LogP contribution in [0.4, 0.5) is 10.1 Å². The Morgan fingerprint density at radius 2 is 2.00 bits per heavy atom. The smallest absolute Gasteiger partial charge is 0.299 e. The maximum atomic E-state index is 13.1. The standard InChI is InChI=1S/C11H12FNO3/c1-7(14)11(2,3)8-4-5-9(12)10(6-8)13(15)16/h4-6H,1-3H3. The van der Waals surface area contributed by atoms with Gasteiger partial charge in [-0.25, -0.2) is 0 Å². The second-order valence-electron chi connectivity index (χ2n) is 4.10. The first-order valence-corrected chi connectivity index (χ1v) is 4.72. The molecule has 0 fully saturated rings. The van der Waals surface area contributed by atoms with Crippen LogP contribution >= 0.6 is 0 Å². The summed E-state index contributed by atoms with van der Waals surface area (Å²) in [5, 5.41) is 10.6. The Hall–Kier alpha value is -1.78. The van der Waals surface area contributed by atoms with E-state index in [2.05, 4.69) is 0 Å². The highest BCUT2D eigenvalue weighted by atomic mass is 19.1. The molecule has 0 N–H and O–H groups in total. The molecule has 0 heterocycles. The lowest BCUT2D eigenvalue weighted by Gasteiger charge is -2.21. The molecular formula is C11H12FNO3. The molecule has 4 nitrogen and oxygen atoms in total. The SMILES string of the molecule is CC(=O)C(C)(C)c1ccc(F)c([N+](=O)[O-])c1. The molecule has 0 radical (unpaired) electrons. The molecule has 1 aromatic rings. The van der Waals surface area contributed by atoms with Crippen molar-refractivity contribution in [2.24, 2.45) is 0 Å². The summed E-state index contributed by atoms with van der Waals surface area (Å²) in [6.45, 7) is 4.69. The summed E-state index contributed by atoms with van der Waals surface area (Å²) in [5.74, 6) is -1.03. The van der Waals surface area contributed by atoms with Crippen LogP contribution in [-0.4, -0.2) is 10.7 Å². The molecule has 0 atom stereocenters. The molecular weight excluding hydrogens is 213 g/mol. The topological polar surface area (TPSA) is 60.2 Å². The van der Waals surface area contributed by atoms with E-state index in [1.54, 1.807) is 13.8 Å². The first-order chi connectivity index (χ1) is 7.26. The minimum absolute atomic E-state index is 0.131. The van der Waals surface area contributed by atoms with E-state index in [1.165, 1.54) is 13.0 Å². The van der Waals surface area contributed by atoms with Crippen molar-refractivity contribution in [2.75, 3.05) is 0 Å². The summed E-state index contributed by atoms with van der Waals surface area (Å²) in [6, 6.07) is 3.51. The molecule has 0 unspecified atom stereocenters. The predicted octanol–water partition coefficient (Wildman–Crippen LogP) is 2.60. The fourth-order valence-corrected chi connectivity index (χ4v) is 1.24. The van der Waals surface area contributed by atoms with E-state index in [1.807, 2.05) is 0 Å². The molecule has 0 amide bonds. The highest BCUT2D eigenvalue weighted by molar-refractivity contribution is 5.87. The van der Waals surface area contributed by atoms with E-state index in [0.717, 1.165) is 12.1 Å². The van der Waals surface area contributed by atoms with Crippen molar-refractivity contribution < 1.29 is 14.1 Å². The van der Waals surface area contributed by atoms with Crippen LogP contribution < -0.4 is 0 Å². The van der Waals surface area contributed by atoms with Crippen molar-refractivity contribution in [3.05, 3.63) is 39.7 Å². The van der Waals surface area contributed by atoms with Crippen molar-refractivity contribution in [1.82, 2.24) is 0 Å². The number of hydrogen-bond acceptors (Lipinski definition) is 3. The van der Waals surface area contributed by atoms with Gasteiger partial charge in [0.25, 0.3) is 0 Å². The average molecular weight is 225 g/mol. The molecule has 1 rings (SSSR count). The third kappa shape index (κ3) is 2.08. The van der Waals surface area contributed by atoms with Gasteiger partial charge in [-0.1, -0.05) is 6.07 Å². The summed E-state index contributed by atoms with van der Waals surface area (Å²) in [6.07, 6.45) is 0. The normalized spacial score (nSPS) is 11.2. The number of halogens is 1. The number of carbonyl (C=O) groups is 1. The van der Waals surface area contributed by atoms with E-state index in [0.29, 0.717) is 5.56 Å². The van der Waals surface area contributed by atoms with Crippen molar-refractivity contribution in [2.45, 2.75) is 26.2 Å².